The highest BCUT2D eigenvalue weighted by Gasteiger charge is 2.47. The summed E-state index contributed by atoms with van der Waals surface area (Å²) in [5, 5.41) is 11.6. The Morgan fingerprint density at radius 3 is 2.69 bits per heavy atom. The molecule has 0 radical (unpaired) electrons. The molecule has 2 saturated heterocycles. The average molecular weight is 458 g/mol. The number of nitrogens with zero attached hydrogens (tertiary/aromatic N) is 3. The molecule has 2 fully saturated rings. The van der Waals surface area contributed by atoms with Crippen LogP contribution in [0.25, 0.3) is 5.76 Å². The van der Waals surface area contributed by atoms with Gasteiger partial charge in [0.15, 0.2) is 0 Å². The first kappa shape index (κ1) is 22.3. The van der Waals surface area contributed by atoms with Crippen LogP contribution in [0.15, 0.2) is 48.2 Å². The van der Waals surface area contributed by atoms with Crippen molar-refractivity contribution in [3.05, 3.63) is 64.4 Å². The minimum atomic E-state index is -0.819. The molecule has 8 nitrogen and oxygen atoms in total. The summed E-state index contributed by atoms with van der Waals surface area (Å²) in [7, 11) is 1.46. The van der Waals surface area contributed by atoms with E-state index in [9.17, 15) is 14.7 Å². The van der Waals surface area contributed by atoms with Crippen molar-refractivity contribution in [1.29, 1.82) is 0 Å². The highest BCUT2D eigenvalue weighted by atomic mass is 35.5. The molecule has 2 aliphatic rings. The van der Waals surface area contributed by atoms with Crippen LogP contribution in [-0.2, 0) is 14.3 Å². The predicted molar refractivity (Wildman–Crippen MR) is 119 cm³/mol. The van der Waals surface area contributed by atoms with Gasteiger partial charge in [0.25, 0.3) is 11.7 Å². The number of carbonyl (C=O) groups is 2. The fourth-order valence-corrected chi connectivity index (χ4v) is 4.21. The van der Waals surface area contributed by atoms with Crippen molar-refractivity contribution in [2.45, 2.75) is 6.04 Å². The smallest absolute Gasteiger partial charge is 0.295 e. The minimum absolute atomic E-state index is 0.0313. The highest BCUT2D eigenvalue weighted by molar-refractivity contribution is 6.46. The molecule has 9 heteroatoms. The molecular weight excluding hydrogens is 434 g/mol. The maximum Gasteiger partial charge on any atom is 0.295 e. The highest BCUT2D eigenvalue weighted by Crippen LogP contribution is 2.40. The molecule has 1 aromatic carbocycles. The number of likely N-dealkylation sites (tertiary alicyclic amines) is 1. The number of methoxy groups -OCH3 is 1. The third kappa shape index (κ3) is 4.34. The van der Waals surface area contributed by atoms with E-state index >= 15 is 0 Å². The number of aliphatic hydroxyl groups is 1. The maximum absolute atomic E-state index is 13.1. The summed E-state index contributed by atoms with van der Waals surface area (Å²) < 4.78 is 10.7. The van der Waals surface area contributed by atoms with E-state index in [0.29, 0.717) is 42.8 Å². The van der Waals surface area contributed by atoms with Crippen molar-refractivity contribution < 1.29 is 24.2 Å². The number of hydrogen-bond donors (Lipinski definition) is 1. The molecular formula is C23H24ClN3O5. The second-order valence-corrected chi connectivity index (χ2v) is 7.98. The van der Waals surface area contributed by atoms with Gasteiger partial charge in [-0.2, -0.15) is 0 Å². The van der Waals surface area contributed by atoms with Gasteiger partial charge in [-0.15, -0.1) is 0 Å². The molecule has 2 aromatic rings. The lowest BCUT2D eigenvalue weighted by molar-refractivity contribution is -0.140. The van der Waals surface area contributed by atoms with Gasteiger partial charge < -0.3 is 19.5 Å². The van der Waals surface area contributed by atoms with Crippen molar-refractivity contribution in [1.82, 2.24) is 14.8 Å². The van der Waals surface area contributed by atoms with Crippen molar-refractivity contribution in [3.63, 3.8) is 0 Å². The molecule has 0 spiro atoms. The van der Waals surface area contributed by atoms with Gasteiger partial charge >= 0.3 is 0 Å². The van der Waals surface area contributed by atoms with Crippen molar-refractivity contribution in [3.8, 4) is 5.75 Å². The Hall–Kier alpha value is -2.94. The molecule has 3 heterocycles. The van der Waals surface area contributed by atoms with Crippen molar-refractivity contribution >= 4 is 29.1 Å². The summed E-state index contributed by atoms with van der Waals surface area (Å²) in [5.41, 5.74) is 0.708. The van der Waals surface area contributed by atoms with Crippen LogP contribution in [0.3, 0.4) is 0 Å². The van der Waals surface area contributed by atoms with Crippen molar-refractivity contribution in [2.24, 2.45) is 0 Å². The Kier molecular flexibility index (Phi) is 6.74. The van der Waals surface area contributed by atoms with E-state index in [1.54, 1.807) is 36.5 Å². The number of halogens is 1. The number of morpholine rings is 1. The van der Waals surface area contributed by atoms with Gasteiger partial charge in [-0.05, 0) is 30.3 Å². The maximum atomic E-state index is 13.1. The summed E-state index contributed by atoms with van der Waals surface area (Å²) in [6.45, 7) is 3.69. The Morgan fingerprint density at radius 1 is 1.22 bits per heavy atom. The summed E-state index contributed by atoms with van der Waals surface area (Å²) in [6.07, 6.45) is 1.59. The Balaban J connectivity index is 1.76. The van der Waals surface area contributed by atoms with E-state index in [1.165, 1.54) is 18.1 Å². The molecule has 1 N–H and O–H groups in total. The number of benzene rings is 1. The number of carbonyl (C=O) groups excluding carboxylic acids is 2. The zero-order valence-electron chi connectivity index (χ0n) is 17.7. The normalized spacial score (nSPS) is 21.2. The van der Waals surface area contributed by atoms with Gasteiger partial charge in [0.1, 0.15) is 17.6 Å². The van der Waals surface area contributed by atoms with Gasteiger partial charge in [-0.3, -0.25) is 19.5 Å². The quantitative estimate of drug-likeness (QED) is 0.404. The van der Waals surface area contributed by atoms with Crippen LogP contribution < -0.4 is 4.74 Å². The Labute approximate surface area is 191 Å². The predicted octanol–water partition coefficient (Wildman–Crippen LogP) is 2.50. The van der Waals surface area contributed by atoms with Crippen LogP contribution in [0.5, 0.6) is 5.75 Å². The lowest BCUT2D eigenvalue weighted by Crippen LogP contribution is -2.42. The Bertz CT molecular complexity index is 1040. The summed E-state index contributed by atoms with van der Waals surface area (Å²) in [4.78, 5) is 34.2. The number of amides is 1. The summed E-state index contributed by atoms with van der Waals surface area (Å²) >= 11 is 6.13. The molecule has 168 valence electrons. The summed E-state index contributed by atoms with van der Waals surface area (Å²) in [6, 6.07) is 9.18. The fourth-order valence-electron chi connectivity index (χ4n) is 4.04. The van der Waals surface area contributed by atoms with Gasteiger partial charge in [-0.25, -0.2) is 0 Å². The van der Waals surface area contributed by atoms with E-state index in [4.69, 9.17) is 21.1 Å². The molecule has 32 heavy (non-hydrogen) atoms. The second-order valence-electron chi connectivity index (χ2n) is 7.55. The number of ketones is 1. The molecule has 0 saturated carbocycles. The lowest BCUT2D eigenvalue weighted by atomic mass is 9.98. The second kappa shape index (κ2) is 9.68. The first-order valence-corrected chi connectivity index (χ1v) is 10.7. The number of ether oxygens (including phenoxy) is 2. The minimum Gasteiger partial charge on any atom is -0.507 e. The number of pyridine rings is 1. The van der Waals surface area contributed by atoms with Crippen LogP contribution in [0.4, 0.5) is 0 Å². The van der Waals surface area contributed by atoms with E-state index in [-0.39, 0.29) is 16.9 Å². The number of aliphatic hydroxyl groups excluding tert-OH is 1. The zero-order valence-corrected chi connectivity index (χ0v) is 18.4. The monoisotopic (exact) mass is 457 g/mol. The molecule has 0 aliphatic carbocycles. The largest absolute Gasteiger partial charge is 0.507 e. The third-order valence-corrected chi connectivity index (χ3v) is 5.92. The molecule has 0 unspecified atom stereocenters. The van der Waals surface area contributed by atoms with Crippen LogP contribution in [0.1, 0.15) is 17.3 Å². The van der Waals surface area contributed by atoms with Gasteiger partial charge in [0, 0.05) is 37.4 Å². The Morgan fingerprint density at radius 2 is 2.00 bits per heavy atom. The standard InChI is InChI=1S/C23H24ClN3O5/c1-31-18-6-5-15(24)14-16(18)21(28)19-20(17-4-2-3-7-25-17)27(23(30)22(19)29)9-8-26-10-12-32-13-11-26/h2-7,14,20,28H,8-13H2,1H3/b21-19+/t20-/m0/s1. The van der Waals surface area contributed by atoms with Crippen LogP contribution in [-0.4, -0.2) is 78.1 Å². The number of rotatable bonds is 6. The first-order chi connectivity index (χ1) is 15.5. The topological polar surface area (TPSA) is 92.2 Å². The molecule has 1 amide bonds. The van der Waals surface area contributed by atoms with Gasteiger partial charge in [0.2, 0.25) is 0 Å². The van der Waals surface area contributed by atoms with Crippen LogP contribution >= 0.6 is 11.6 Å². The fraction of sp³-hybridized carbons (Fsp3) is 0.348. The van der Waals surface area contributed by atoms with E-state index in [2.05, 4.69) is 9.88 Å². The van der Waals surface area contributed by atoms with E-state index in [0.717, 1.165) is 13.1 Å². The number of aromatic nitrogens is 1. The molecule has 1 atom stereocenters. The molecule has 2 aliphatic heterocycles. The van der Waals surface area contributed by atoms with Crippen LogP contribution in [0, 0.1) is 0 Å². The molecule has 1 aromatic heterocycles. The van der Waals surface area contributed by atoms with Gasteiger partial charge in [0.05, 0.1) is 37.2 Å². The number of Topliss-reactive ketones (excluding diaryl/α,β-unsaturated/α-hetero) is 1. The van der Waals surface area contributed by atoms with E-state index < -0.39 is 17.7 Å². The molecule has 4 rings (SSSR count). The number of hydrogen-bond acceptors (Lipinski definition) is 7. The van der Waals surface area contributed by atoms with Crippen LogP contribution in [0.2, 0.25) is 5.02 Å². The van der Waals surface area contributed by atoms with Gasteiger partial charge in [-0.1, -0.05) is 17.7 Å². The lowest BCUT2D eigenvalue weighted by Gasteiger charge is -2.30. The first-order valence-electron chi connectivity index (χ1n) is 10.3. The third-order valence-electron chi connectivity index (χ3n) is 5.69. The molecule has 0 bridgehead atoms. The van der Waals surface area contributed by atoms with E-state index in [1.807, 2.05) is 0 Å². The zero-order chi connectivity index (χ0) is 22.7. The SMILES string of the molecule is COc1ccc(Cl)cc1/C(O)=C1\C(=O)C(=O)N(CCN2CCOCC2)[C@H]1c1ccccn1. The average Bonchev–Trinajstić information content (AvgIpc) is 3.08. The van der Waals surface area contributed by atoms with Crippen molar-refractivity contribution in [2.75, 3.05) is 46.5 Å². The summed E-state index contributed by atoms with van der Waals surface area (Å²) in [5.74, 6) is -1.43.